The molecule has 0 radical (unpaired) electrons. The highest BCUT2D eigenvalue weighted by Crippen LogP contribution is 2.35. The van der Waals surface area contributed by atoms with Crippen LogP contribution in [0.5, 0.6) is 5.75 Å². The van der Waals surface area contributed by atoms with E-state index in [0.717, 1.165) is 11.1 Å². The van der Waals surface area contributed by atoms with Gasteiger partial charge in [-0.25, -0.2) is 0 Å². The quantitative estimate of drug-likeness (QED) is 0.777. The standard InChI is InChI=1S/C12H19NO.ClH/c1-8-5-6-10(14)9(7-8)11(13)12(2,3)4;/h5-7,11,14H,13H2,1-4H3;1H/t11-;/m1./s1. The van der Waals surface area contributed by atoms with Crippen LogP contribution in [-0.2, 0) is 0 Å². The second kappa shape index (κ2) is 4.86. The molecule has 1 atom stereocenters. The molecule has 0 saturated carbocycles. The second-order valence-electron chi connectivity index (χ2n) is 4.91. The van der Waals surface area contributed by atoms with E-state index in [9.17, 15) is 5.11 Å². The van der Waals surface area contributed by atoms with Crippen molar-refractivity contribution in [2.75, 3.05) is 0 Å². The highest BCUT2D eigenvalue weighted by molar-refractivity contribution is 5.85. The van der Waals surface area contributed by atoms with Gasteiger partial charge in [0.05, 0.1) is 0 Å². The zero-order valence-corrected chi connectivity index (χ0v) is 10.6. The number of rotatable bonds is 1. The van der Waals surface area contributed by atoms with Crippen LogP contribution in [-0.4, -0.2) is 5.11 Å². The molecule has 0 unspecified atom stereocenters. The number of aromatic hydroxyl groups is 1. The first-order chi connectivity index (χ1) is 6.32. The molecule has 0 bridgehead atoms. The lowest BCUT2D eigenvalue weighted by Crippen LogP contribution is -2.26. The summed E-state index contributed by atoms with van der Waals surface area (Å²) in [6, 6.07) is 5.40. The second-order valence-corrected chi connectivity index (χ2v) is 4.91. The molecule has 1 aromatic carbocycles. The van der Waals surface area contributed by atoms with Crippen molar-refractivity contribution in [3.8, 4) is 5.75 Å². The zero-order chi connectivity index (χ0) is 10.9. The van der Waals surface area contributed by atoms with E-state index in [4.69, 9.17) is 5.73 Å². The monoisotopic (exact) mass is 229 g/mol. The summed E-state index contributed by atoms with van der Waals surface area (Å²) in [7, 11) is 0. The number of aryl methyl sites for hydroxylation is 1. The minimum absolute atomic E-state index is 0. The minimum Gasteiger partial charge on any atom is -0.508 e. The third kappa shape index (κ3) is 3.40. The predicted octanol–water partition coefficient (Wildman–Crippen LogP) is 3.17. The summed E-state index contributed by atoms with van der Waals surface area (Å²) in [5.74, 6) is 0.290. The highest BCUT2D eigenvalue weighted by Gasteiger charge is 2.24. The van der Waals surface area contributed by atoms with Crippen LogP contribution in [0.4, 0.5) is 0 Å². The van der Waals surface area contributed by atoms with Crippen molar-refractivity contribution in [3.63, 3.8) is 0 Å². The van der Waals surface area contributed by atoms with E-state index in [0.29, 0.717) is 0 Å². The van der Waals surface area contributed by atoms with Gasteiger partial charge in [-0.1, -0.05) is 38.5 Å². The molecule has 86 valence electrons. The highest BCUT2D eigenvalue weighted by atomic mass is 35.5. The van der Waals surface area contributed by atoms with Gasteiger partial charge < -0.3 is 10.8 Å². The number of nitrogens with two attached hydrogens (primary N) is 1. The number of phenols is 1. The van der Waals surface area contributed by atoms with Crippen molar-refractivity contribution in [1.29, 1.82) is 0 Å². The van der Waals surface area contributed by atoms with Gasteiger partial charge in [0, 0.05) is 11.6 Å². The third-order valence-corrected chi connectivity index (χ3v) is 2.45. The molecule has 3 heteroatoms. The third-order valence-electron chi connectivity index (χ3n) is 2.45. The molecule has 3 N–H and O–H groups in total. The summed E-state index contributed by atoms with van der Waals surface area (Å²) in [6.07, 6.45) is 0. The first kappa shape index (κ1) is 14.3. The van der Waals surface area contributed by atoms with Gasteiger partial charge in [-0.2, -0.15) is 0 Å². The molecule has 0 aliphatic carbocycles. The van der Waals surface area contributed by atoms with Crippen LogP contribution in [0.3, 0.4) is 0 Å². The van der Waals surface area contributed by atoms with Crippen LogP contribution >= 0.6 is 12.4 Å². The van der Waals surface area contributed by atoms with Gasteiger partial charge in [0.15, 0.2) is 0 Å². The molecule has 0 fully saturated rings. The molecule has 0 saturated heterocycles. The fourth-order valence-electron chi connectivity index (χ4n) is 1.39. The van der Waals surface area contributed by atoms with Crippen LogP contribution in [0.25, 0.3) is 0 Å². The Morgan fingerprint density at radius 1 is 1.27 bits per heavy atom. The van der Waals surface area contributed by atoms with Gasteiger partial charge in [0.2, 0.25) is 0 Å². The molecule has 0 spiro atoms. The molecule has 0 aliphatic heterocycles. The lowest BCUT2D eigenvalue weighted by Gasteiger charge is -2.28. The Kier molecular flexibility index (Phi) is 4.63. The maximum atomic E-state index is 9.69. The van der Waals surface area contributed by atoms with E-state index >= 15 is 0 Å². The van der Waals surface area contributed by atoms with Crippen molar-refractivity contribution in [1.82, 2.24) is 0 Å². The molecular weight excluding hydrogens is 210 g/mol. The van der Waals surface area contributed by atoms with Crippen molar-refractivity contribution in [3.05, 3.63) is 29.3 Å². The van der Waals surface area contributed by atoms with Crippen LogP contribution in [0.2, 0.25) is 0 Å². The SMILES string of the molecule is Cc1ccc(O)c([C@@H](N)C(C)(C)C)c1.Cl. The summed E-state index contributed by atoms with van der Waals surface area (Å²) >= 11 is 0. The Bertz CT molecular complexity index is 331. The summed E-state index contributed by atoms with van der Waals surface area (Å²) in [4.78, 5) is 0. The van der Waals surface area contributed by atoms with E-state index in [1.54, 1.807) is 6.07 Å². The topological polar surface area (TPSA) is 46.2 Å². The van der Waals surface area contributed by atoms with Gasteiger partial charge in [-0.15, -0.1) is 12.4 Å². The van der Waals surface area contributed by atoms with Crippen LogP contribution < -0.4 is 5.73 Å². The largest absolute Gasteiger partial charge is 0.508 e. The van der Waals surface area contributed by atoms with Gasteiger partial charge in [-0.3, -0.25) is 0 Å². The van der Waals surface area contributed by atoms with Gasteiger partial charge in [0.1, 0.15) is 5.75 Å². The summed E-state index contributed by atoms with van der Waals surface area (Å²) in [6.45, 7) is 8.20. The Labute approximate surface area is 97.9 Å². The number of hydrogen-bond acceptors (Lipinski definition) is 2. The molecule has 0 aromatic heterocycles. The lowest BCUT2D eigenvalue weighted by atomic mass is 9.82. The van der Waals surface area contributed by atoms with Crippen molar-refractivity contribution < 1.29 is 5.11 Å². The summed E-state index contributed by atoms with van der Waals surface area (Å²) in [5.41, 5.74) is 8.00. The van der Waals surface area contributed by atoms with Crippen LogP contribution in [0.1, 0.15) is 37.9 Å². The van der Waals surface area contributed by atoms with Crippen LogP contribution in [0.15, 0.2) is 18.2 Å². The average molecular weight is 230 g/mol. The Hall–Kier alpha value is -0.730. The zero-order valence-electron chi connectivity index (χ0n) is 9.74. The van der Waals surface area contributed by atoms with Crippen molar-refractivity contribution in [2.45, 2.75) is 33.7 Å². The predicted molar refractivity (Wildman–Crippen MR) is 66.5 cm³/mol. The molecule has 0 amide bonds. The van der Waals surface area contributed by atoms with Crippen molar-refractivity contribution >= 4 is 12.4 Å². The van der Waals surface area contributed by atoms with E-state index in [1.165, 1.54) is 0 Å². The normalized spacial score (nSPS) is 13.1. The van der Waals surface area contributed by atoms with Gasteiger partial charge in [-0.05, 0) is 18.4 Å². The lowest BCUT2D eigenvalue weighted by molar-refractivity contribution is 0.317. The van der Waals surface area contributed by atoms with E-state index in [2.05, 4.69) is 20.8 Å². The summed E-state index contributed by atoms with van der Waals surface area (Å²) in [5, 5.41) is 9.69. The molecule has 15 heavy (non-hydrogen) atoms. The molecule has 1 rings (SSSR count). The van der Waals surface area contributed by atoms with E-state index in [1.807, 2.05) is 19.1 Å². The molecule has 0 aliphatic rings. The Morgan fingerprint density at radius 2 is 1.80 bits per heavy atom. The minimum atomic E-state index is -0.137. The number of benzene rings is 1. The Morgan fingerprint density at radius 3 is 2.27 bits per heavy atom. The number of halogens is 1. The summed E-state index contributed by atoms with van der Waals surface area (Å²) < 4.78 is 0. The van der Waals surface area contributed by atoms with Crippen molar-refractivity contribution in [2.24, 2.45) is 11.1 Å². The maximum absolute atomic E-state index is 9.69. The number of hydrogen-bond donors (Lipinski definition) is 2. The maximum Gasteiger partial charge on any atom is 0.120 e. The first-order valence-electron chi connectivity index (χ1n) is 4.87. The van der Waals surface area contributed by atoms with E-state index < -0.39 is 0 Å². The van der Waals surface area contributed by atoms with Gasteiger partial charge >= 0.3 is 0 Å². The molecule has 2 nitrogen and oxygen atoms in total. The van der Waals surface area contributed by atoms with Crippen LogP contribution in [0, 0.1) is 12.3 Å². The van der Waals surface area contributed by atoms with Gasteiger partial charge in [0.25, 0.3) is 0 Å². The fourth-order valence-corrected chi connectivity index (χ4v) is 1.39. The molecular formula is C12H20ClNO. The van der Waals surface area contributed by atoms with E-state index in [-0.39, 0.29) is 29.6 Å². The number of phenolic OH excluding ortho intramolecular Hbond substituents is 1. The first-order valence-corrected chi connectivity index (χ1v) is 4.87. The fraction of sp³-hybridized carbons (Fsp3) is 0.500. The Balaban J connectivity index is 0.00000196. The average Bonchev–Trinajstić information content (AvgIpc) is 2.06. The molecule has 0 heterocycles. The smallest absolute Gasteiger partial charge is 0.120 e. The molecule has 1 aromatic rings.